The van der Waals surface area contributed by atoms with Crippen molar-refractivity contribution in [2.75, 3.05) is 7.11 Å². The molecule has 1 aliphatic carbocycles. The third-order valence-corrected chi connectivity index (χ3v) is 3.13. The van der Waals surface area contributed by atoms with E-state index in [1.54, 1.807) is 0 Å². The molecule has 0 atom stereocenters. The molecule has 0 fully saturated rings. The number of hydrogen-bond donors (Lipinski definition) is 1. The molecule has 19 heavy (non-hydrogen) atoms. The third-order valence-electron chi connectivity index (χ3n) is 3.13. The van der Waals surface area contributed by atoms with Gasteiger partial charge in [-0.05, 0) is 31.7 Å². The summed E-state index contributed by atoms with van der Waals surface area (Å²) in [5, 5.41) is 3.88. The van der Waals surface area contributed by atoms with Gasteiger partial charge in [0.15, 0.2) is 0 Å². The number of ether oxygens (including phenoxy) is 1. The van der Waals surface area contributed by atoms with Crippen LogP contribution < -0.4 is 0 Å². The van der Waals surface area contributed by atoms with Crippen LogP contribution in [0.1, 0.15) is 47.1 Å². The van der Waals surface area contributed by atoms with E-state index in [2.05, 4.69) is 10.1 Å². The van der Waals surface area contributed by atoms with Crippen molar-refractivity contribution >= 4 is 17.7 Å². The minimum atomic E-state index is -0.457. The summed E-state index contributed by atoms with van der Waals surface area (Å²) in [6.07, 6.45) is 2.46. The van der Waals surface area contributed by atoms with E-state index >= 15 is 0 Å². The normalized spacial score (nSPS) is 16.1. The average molecular weight is 264 g/mol. The Kier molecular flexibility index (Phi) is 3.69. The van der Waals surface area contributed by atoms with Gasteiger partial charge < -0.3 is 14.6 Å². The number of methoxy groups -OCH3 is 1. The van der Waals surface area contributed by atoms with Gasteiger partial charge in [-0.15, -0.1) is 0 Å². The van der Waals surface area contributed by atoms with Crippen LogP contribution in [0.2, 0.25) is 0 Å². The molecule has 0 saturated carbocycles. The van der Waals surface area contributed by atoms with Gasteiger partial charge in [0.2, 0.25) is 0 Å². The first-order valence-electron chi connectivity index (χ1n) is 6.09. The molecule has 1 aromatic rings. The van der Waals surface area contributed by atoms with Gasteiger partial charge >= 0.3 is 11.9 Å². The average Bonchev–Trinajstić information content (AvgIpc) is 2.73. The van der Waals surface area contributed by atoms with Crippen LogP contribution in [0.5, 0.6) is 0 Å². The summed E-state index contributed by atoms with van der Waals surface area (Å²) in [5.74, 6) is -0.861. The molecule has 0 spiro atoms. The van der Waals surface area contributed by atoms with E-state index in [0.29, 0.717) is 11.4 Å². The molecular formula is C13H16N2O4. The Morgan fingerprint density at radius 3 is 2.68 bits per heavy atom. The highest BCUT2D eigenvalue weighted by atomic mass is 16.7. The number of oxime groups is 1. The summed E-state index contributed by atoms with van der Waals surface area (Å²) in [7, 11) is 1.34. The molecule has 1 heterocycles. The van der Waals surface area contributed by atoms with Gasteiger partial charge in [-0.1, -0.05) is 5.16 Å². The van der Waals surface area contributed by atoms with Crippen molar-refractivity contribution in [1.29, 1.82) is 0 Å². The molecule has 6 heteroatoms. The maximum absolute atomic E-state index is 11.6. The second-order valence-electron chi connectivity index (χ2n) is 4.44. The molecule has 6 nitrogen and oxygen atoms in total. The molecular weight excluding hydrogens is 248 g/mol. The standard InChI is InChI=1S/C13H16N2O4/c1-7-11-9(14-12(7)13(17)18-3)5-4-6-10(11)15-19-8(2)16/h14H,4-6H2,1-3H3/b15-10+. The molecule has 1 aromatic heterocycles. The summed E-state index contributed by atoms with van der Waals surface area (Å²) >= 11 is 0. The molecule has 0 bridgehead atoms. The van der Waals surface area contributed by atoms with Crippen LogP contribution in [-0.2, 0) is 20.8 Å². The number of carbonyl (C=O) groups excluding carboxylic acids is 2. The highest BCUT2D eigenvalue weighted by molar-refractivity contribution is 6.06. The molecule has 0 aliphatic heterocycles. The summed E-state index contributed by atoms with van der Waals surface area (Å²) in [6.45, 7) is 3.13. The fraction of sp³-hybridized carbons (Fsp3) is 0.462. The van der Waals surface area contributed by atoms with Gasteiger partial charge in [-0.2, -0.15) is 0 Å². The van der Waals surface area contributed by atoms with E-state index in [9.17, 15) is 9.59 Å². The number of carbonyl (C=O) groups is 2. The second kappa shape index (κ2) is 5.26. The minimum absolute atomic E-state index is 0.404. The predicted molar refractivity (Wildman–Crippen MR) is 68.1 cm³/mol. The fourth-order valence-electron chi connectivity index (χ4n) is 2.31. The number of aromatic amines is 1. The Labute approximate surface area is 110 Å². The lowest BCUT2D eigenvalue weighted by atomic mass is 9.93. The first-order chi connectivity index (χ1) is 9.04. The molecule has 0 unspecified atom stereocenters. The maximum Gasteiger partial charge on any atom is 0.354 e. The number of rotatable bonds is 2. The number of nitrogens with one attached hydrogen (secondary N) is 1. The quantitative estimate of drug-likeness (QED) is 0.501. The number of hydrogen-bond acceptors (Lipinski definition) is 5. The van der Waals surface area contributed by atoms with Gasteiger partial charge in [0.25, 0.3) is 0 Å². The topological polar surface area (TPSA) is 80.8 Å². The Hall–Kier alpha value is -2.11. The Morgan fingerprint density at radius 1 is 1.32 bits per heavy atom. The van der Waals surface area contributed by atoms with Crippen molar-refractivity contribution in [2.45, 2.75) is 33.1 Å². The summed E-state index contributed by atoms with van der Waals surface area (Å²) < 4.78 is 4.73. The van der Waals surface area contributed by atoms with Crippen molar-refractivity contribution in [1.82, 2.24) is 4.98 Å². The number of esters is 1. The van der Waals surface area contributed by atoms with E-state index in [4.69, 9.17) is 9.57 Å². The van der Waals surface area contributed by atoms with Crippen LogP contribution in [0.25, 0.3) is 0 Å². The lowest BCUT2D eigenvalue weighted by molar-refractivity contribution is -0.140. The smallest absolute Gasteiger partial charge is 0.354 e. The molecule has 102 valence electrons. The summed E-state index contributed by atoms with van der Waals surface area (Å²) in [5.41, 5.74) is 3.72. The lowest BCUT2D eigenvalue weighted by Gasteiger charge is -2.13. The molecule has 0 amide bonds. The van der Waals surface area contributed by atoms with Crippen LogP contribution >= 0.6 is 0 Å². The fourth-order valence-corrected chi connectivity index (χ4v) is 2.31. The van der Waals surface area contributed by atoms with E-state index < -0.39 is 11.9 Å². The third kappa shape index (κ3) is 2.52. The van der Waals surface area contributed by atoms with E-state index in [0.717, 1.165) is 36.1 Å². The summed E-state index contributed by atoms with van der Waals surface area (Å²) in [6, 6.07) is 0. The largest absolute Gasteiger partial charge is 0.464 e. The second-order valence-corrected chi connectivity index (χ2v) is 4.44. The van der Waals surface area contributed by atoms with Gasteiger partial charge in [0, 0.05) is 18.2 Å². The van der Waals surface area contributed by atoms with Crippen LogP contribution in [0.3, 0.4) is 0 Å². The van der Waals surface area contributed by atoms with Crippen LogP contribution in [0.4, 0.5) is 0 Å². The predicted octanol–water partition coefficient (Wildman–Crippen LogP) is 1.71. The van der Waals surface area contributed by atoms with Gasteiger partial charge in [0.1, 0.15) is 5.69 Å². The molecule has 1 N–H and O–H groups in total. The number of aryl methyl sites for hydroxylation is 1. The van der Waals surface area contributed by atoms with Crippen molar-refractivity contribution in [2.24, 2.45) is 5.16 Å². The van der Waals surface area contributed by atoms with Crippen molar-refractivity contribution in [3.05, 3.63) is 22.5 Å². The van der Waals surface area contributed by atoms with Gasteiger partial charge in [-0.3, -0.25) is 0 Å². The Balaban J connectivity index is 2.43. The van der Waals surface area contributed by atoms with Crippen LogP contribution in [0, 0.1) is 6.92 Å². The van der Waals surface area contributed by atoms with Gasteiger partial charge in [-0.25, -0.2) is 9.59 Å². The Bertz CT molecular complexity index is 557. The first kappa shape index (κ1) is 13.3. The molecule has 0 radical (unpaired) electrons. The van der Waals surface area contributed by atoms with Gasteiger partial charge in [0.05, 0.1) is 12.8 Å². The van der Waals surface area contributed by atoms with Crippen LogP contribution in [0.15, 0.2) is 5.16 Å². The monoisotopic (exact) mass is 264 g/mol. The molecule has 2 rings (SSSR count). The molecule has 0 saturated heterocycles. The van der Waals surface area contributed by atoms with E-state index in [-0.39, 0.29) is 0 Å². The van der Waals surface area contributed by atoms with Crippen molar-refractivity contribution in [3.8, 4) is 0 Å². The van der Waals surface area contributed by atoms with E-state index in [1.165, 1.54) is 14.0 Å². The zero-order valence-corrected chi connectivity index (χ0v) is 11.2. The van der Waals surface area contributed by atoms with Crippen molar-refractivity contribution in [3.63, 3.8) is 0 Å². The molecule has 1 aliphatic rings. The number of nitrogens with zero attached hydrogens (tertiary/aromatic N) is 1. The van der Waals surface area contributed by atoms with E-state index in [1.807, 2.05) is 6.92 Å². The lowest BCUT2D eigenvalue weighted by Crippen LogP contribution is -2.13. The zero-order chi connectivity index (χ0) is 14.0. The molecule has 0 aromatic carbocycles. The maximum atomic E-state index is 11.6. The zero-order valence-electron chi connectivity index (χ0n) is 11.2. The minimum Gasteiger partial charge on any atom is -0.464 e. The number of aromatic nitrogens is 1. The highest BCUT2D eigenvalue weighted by Crippen LogP contribution is 2.27. The van der Waals surface area contributed by atoms with Crippen LogP contribution in [-0.4, -0.2) is 29.7 Å². The SMILES string of the molecule is COC(=O)c1[nH]c2c(c1C)/C(=N/OC(C)=O)CCC2. The number of H-pyrrole nitrogens is 1. The first-order valence-corrected chi connectivity index (χ1v) is 6.09. The Morgan fingerprint density at radius 2 is 2.05 bits per heavy atom. The van der Waals surface area contributed by atoms with Crippen molar-refractivity contribution < 1.29 is 19.2 Å². The highest BCUT2D eigenvalue weighted by Gasteiger charge is 2.26. The number of fused-ring (bicyclic) bond motifs is 1. The summed E-state index contributed by atoms with van der Waals surface area (Å²) in [4.78, 5) is 30.3.